The molecule has 3 aromatic heterocycles. The van der Waals surface area contributed by atoms with Crippen LogP contribution < -0.4 is 4.90 Å². The van der Waals surface area contributed by atoms with E-state index in [2.05, 4.69) is 155 Å². The molecule has 0 radical (unpaired) electrons. The first-order valence-electron chi connectivity index (χ1n) is 17.4. The number of nitrogens with zero attached hydrogens (tertiary/aromatic N) is 4. The van der Waals surface area contributed by atoms with Gasteiger partial charge in [0, 0.05) is 49.6 Å². The van der Waals surface area contributed by atoms with Gasteiger partial charge >= 0.3 is 0 Å². The van der Waals surface area contributed by atoms with Crippen LogP contribution in [0.3, 0.4) is 0 Å². The highest BCUT2D eigenvalue weighted by Crippen LogP contribution is 2.52. The standard InChI is InChI=1S/C47H28N4S/c1-2-10-34-28-41-38(27-33(34)9-1)36-14-7-11-30-12-8-16-40(43(30)36)51(41)35-24-22-32(23-25-35)47-49-44(46-45(50-47)37-13-3-4-17-42(37)52-46)31-20-18-29(19-21-31)39-15-5-6-26-48-39/h1-28H. The Morgan fingerprint density at radius 1 is 0.500 bits per heavy atom. The van der Waals surface area contributed by atoms with Crippen molar-refractivity contribution in [3.8, 4) is 45.0 Å². The molecule has 1 aliphatic heterocycles. The minimum Gasteiger partial charge on any atom is -0.309 e. The van der Waals surface area contributed by atoms with Gasteiger partial charge in [-0.15, -0.1) is 11.3 Å². The fraction of sp³-hybridized carbons (Fsp3) is 0. The van der Waals surface area contributed by atoms with Gasteiger partial charge in [-0.2, -0.15) is 0 Å². The van der Waals surface area contributed by atoms with E-state index >= 15 is 0 Å². The lowest BCUT2D eigenvalue weighted by molar-refractivity contribution is 1.23. The van der Waals surface area contributed by atoms with E-state index < -0.39 is 0 Å². The fourth-order valence-corrected chi connectivity index (χ4v) is 8.93. The van der Waals surface area contributed by atoms with E-state index in [1.165, 1.54) is 48.7 Å². The van der Waals surface area contributed by atoms with E-state index in [1.54, 1.807) is 11.3 Å². The topological polar surface area (TPSA) is 41.9 Å². The summed E-state index contributed by atoms with van der Waals surface area (Å²) in [5, 5.41) is 6.12. The molecule has 4 nitrogen and oxygen atoms in total. The molecule has 52 heavy (non-hydrogen) atoms. The van der Waals surface area contributed by atoms with Crippen LogP contribution in [0.1, 0.15) is 0 Å². The zero-order valence-electron chi connectivity index (χ0n) is 27.9. The van der Waals surface area contributed by atoms with Gasteiger partial charge in [0.1, 0.15) is 0 Å². The fourth-order valence-electron chi connectivity index (χ4n) is 7.78. The highest BCUT2D eigenvalue weighted by molar-refractivity contribution is 7.26. The molecule has 0 fully saturated rings. The number of fused-ring (bicyclic) bond motifs is 6. The van der Waals surface area contributed by atoms with E-state index in [9.17, 15) is 0 Å². The maximum absolute atomic E-state index is 5.28. The second-order valence-corrected chi connectivity index (χ2v) is 14.3. The predicted octanol–water partition coefficient (Wildman–Crippen LogP) is 13.0. The summed E-state index contributed by atoms with van der Waals surface area (Å²) in [6.45, 7) is 0. The zero-order chi connectivity index (χ0) is 34.2. The Labute approximate surface area is 303 Å². The van der Waals surface area contributed by atoms with Crippen molar-refractivity contribution >= 4 is 70.2 Å². The van der Waals surface area contributed by atoms with Crippen LogP contribution in [0.25, 0.3) is 86.9 Å². The Morgan fingerprint density at radius 2 is 1.21 bits per heavy atom. The number of hydrogen-bond donors (Lipinski definition) is 0. The van der Waals surface area contributed by atoms with E-state index in [4.69, 9.17) is 9.97 Å². The van der Waals surface area contributed by atoms with Crippen molar-refractivity contribution in [2.45, 2.75) is 0 Å². The Balaban J connectivity index is 1.06. The van der Waals surface area contributed by atoms with Crippen LogP contribution in [0.5, 0.6) is 0 Å². The Morgan fingerprint density at radius 3 is 2.04 bits per heavy atom. The second kappa shape index (κ2) is 11.4. The summed E-state index contributed by atoms with van der Waals surface area (Å²) < 4.78 is 2.30. The summed E-state index contributed by atoms with van der Waals surface area (Å²) in [5.74, 6) is 0.712. The highest BCUT2D eigenvalue weighted by Gasteiger charge is 2.26. The van der Waals surface area contributed by atoms with Crippen LogP contribution in [0, 0.1) is 0 Å². The second-order valence-electron chi connectivity index (χ2n) is 13.2. The molecule has 7 aromatic carbocycles. The maximum Gasteiger partial charge on any atom is 0.160 e. The normalized spacial score (nSPS) is 12.2. The zero-order valence-corrected chi connectivity index (χ0v) is 28.7. The lowest BCUT2D eigenvalue weighted by Gasteiger charge is -2.34. The van der Waals surface area contributed by atoms with Crippen LogP contribution in [-0.2, 0) is 0 Å². The van der Waals surface area contributed by atoms with Gasteiger partial charge in [0.15, 0.2) is 5.82 Å². The van der Waals surface area contributed by atoms with Crippen LogP contribution in [0.2, 0.25) is 0 Å². The molecule has 0 saturated heterocycles. The monoisotopic (exact) mass is 680 g/mol. The van der Waals surface area contributed by atoms with Gasteiger partial charge in [-0.25, -0.2) is 9.97 Å². The molecule has 0 saturated carbocycles. The van der Waals surface area contributed by atoms with Crippen molar-refractivity contribution in [2.75, 3.05) is 4.90 Å². The molecule has 10 aromatic rings. The first-order valence-corrected chi connectivity index (χ1v) is 18.3. The van der Waals surface area contributed by atoms with Gasteiger partial charge in [0.25, 0.3) is 0 Å². The molecular formula is C47H28N4S. The molecule has 11 rings (SSSR count). The lowest BCUT2D eigenvalue weighted by atomic mass is 9.89. The van der Waals surface area contributed by atoms with Crippen molar-refractivity contribution in [3.63, 3.8) is 0 Å². The van der Waals surface area contributed by atoms with Crippen LogP contribution in [0.4, 0.5) is 17.1 Å². The van der Waals surface area contributed by atoms with E-state index in [0.29, 0.717) is 5.82 Å². The summed E-state index contributed by atoms with van der Waals surface area (Å²) in [6.07, 6.45) is 1.83. The van der Waals surface area contributed by atoms with Crippen molar-refractivity contribution in [1.29, 1.82) is 0 Å². The Hall–Kier alpha value is -6.69. The molecule has 5 heteroatoms. The molecule has 4 heterocycles. The number of aromatic nitrogens is 3. The Kier molecular flexibility index (Phi) is 6.39. The van der Waals surface area contributed by atoms with Crippen LogP contribution >= 0.6 is 11.3 Å². The highest BCUT2D eigenvalue weighted by atomic mass is 32.1. The van der Waals surface area contributed by atoms with Gasteiger partial charge in [-0.1, -0.05) is 103 Å². The quantitative estimate of drug-likeness (QED) is 0.186. The molecule has 0 bridgehead atoms. The maximum atomic E-state index is 5.28. The number of thiophene rings is 1. The molecule has 0 aliphatic carbocycles. The van der Waals surface area contributed by atoms with Gasteiger partial charge in [0.05, 0.1) is 33.0 Å². The minimum absolute atomic E-state index is 0.712. The molecule has 0 spiro atoms. The van der Waals surface area contributed by atoms with Gasteiger partial charge < -0.3 is 4.90 Å². The van der Waals surface area contributed by atoms with E-state index in [-0.39, 0.29) is 0 Å². The number of anilines is 3. The molecule has 0 N–H and O–H groups in total. The molecule has 0 unspecified atom stereocenters. The third kappa shape index (κ3) is 4.50. The third-order valence-corrected chi connectivity index (χ3v) is 11.4. The van der Waals surface area contributed by atoms with Crippen molar-refractivity contribution in [2.24, 2.45) is 0 Å². The summed E-state index contributed by atoms with van der Waals surface area (Å²) in [6, 6.07) is 58.4. The van der Waals surface area contributed by atoms with Crippen molar-refractivity contribution in [1.82, 2.24) is 15.0 Å². The smallest absolute Gasteiger partial charge is 0.160 e. The predicted molar refractivity (Wildman–Crippen MR) is 218 cm³/mol. The van der Waals surface area contributed by atoms with E-state index in [0.717, 1.165) is 49.4 Å². The summed E-state index contributed by atoms with van der Waals surface area (Å²) in [7, 11) is 0. The average molecular weight is 681 g/mol. The lowest BCUT2D eigenvalue weighted by Crippen LogP contribution is -2.15. The number of benzene rings is 7. The number of rotatable bonds is 4. The van der Waals surface area contributed by atoms with Crippen LogP contribution in [0.15, 0.2) is 170 Å². The molecule has 0 amide bonds. The molecular weight excluding hydrogens is 653 g/mol. The largest absolute Gasteiger partial charge is 0.309 e. The first kappa shape index (κ1) is 29.1. The average Bonchev–Trinajstić information content (AvgIpc) is 3.59. The van der Waals surface area contributed by atoms with Crippen LogP contribution in [-0.4, -0.2) is 15.0 Å². The SMILES string of the molecule is c1ccc(-c2ccc(-c3nc(-c4ccc(N5c6cc7ccccc7cc6-c6cccc7cccc5c67)cc4)nc4c3sc3ccccc34)cc2)nc1. The third-order valence-electron chi connectivity index (χ3n) is 10.2. The molecule has 0 atom stereocenters. The molecule has 1 aliphatic rings. The summed E-state index contributed by atoms with van der Waals surface area (Å²) in [4.78, 5) is 17.5. The molecule has 242 valence electrons. The van der Waals surface area contributed by atoms with Gasteiger partial charge in [0.2, 0.25) is 0 Å². The number of pyridine rings is 1. The van der Waals surface area contributed by atoms with Crippen molar-refractivity contribution in [3.05, 3.63) is 170 Å². The van der Waals surface area contributed by atoms with E-state index in [1.807, 2.05) is 24.4 Å². The number of hydrogen-bond acceptors (Lipinski definition) is 5. The summed E-state index contributed by atoms with van der Waals surface area (Å²) in [5.41, 5.74) is 11.9. The van der Waals surface area contributed by atoms with Crippen molar-refractivity contribution < 1.29 is 0 Å². The summed E-state index contributed by atoms with van der Waals surface area (Å²) >= 11 is 1.75. The van der Waals surface area contributed by atoms with Gasteiger partial charge in [-0.3, -0.25) is 4.98 Å². The first-order chi connectivity index (χ1) is 25.8. The minimum atomic E-state index is 0.712. The van der Waals surface area contributed by atoms with Gasteiger partial charge in [-0.05, 0) is 82.4 Å². The Bertz CT molecular complexity index is 3000.